The number of nitrogens with two attached hydrogens (primary N) is 1. The van der Waals surface area contributed by atoms with E-state index < -0.39 is 36.5 Å². The molecule has 0 saturated carbocycles. The van der Waals surface area contributed by atoms with Crippen molar-refractivity contribution in [1.29, 1.82) is 0 Å². The molecule has 22 heavy (non-hydrogen) atoms. The van der Waals surface area contributed by atoms with E-state index in [1.807, 2.05) is 0 Å². The number of halogens is 1. The van der Waals surface area contributed by atoms with E-state index in [0.717, 1.165) is 12.1 Å². The van der Waals surface area contributed by atoms with Gasteiger partial charge >= 0.3 is 5.97 Å². The Morgan fingerprint density at radius 2 is 2.05 bits per heavy atom. The zero-order valence-corrected chi connectivity index (χ0v) is 11.8. The van der Waals surface area contributed by atoms with E-state index in [0.29, 0.717) is 0 Å². The van der Waals surface area contributed by atoms with Crippen molar-refractivity contribution >= 4 is 17.7 Å². The summed E-state index contributed by atoms with van der Waals surface area (Å²) < 4.78 is 23.5. The summed E-state index contributed by atoms with van der Waals surface area (Å²) in [4.78, 5) is 33.9. The maximum atomic E-state index is 13.9. The fourth-order valence-electron chi connectivity index (χ4n) is 1.59. The number of carbonyl (C=O) groups is 3. The third kappa shape index (κ3) is 4.59. The number of primary amides is 1. The second kappa shape index (κ2) is 7.78. The molecule has 7 heteroatoms. The van der Waals surface area contributed by atoms with Crippen LogP contribution in [0.1, 0.15) is 29.3 Å². The quantitative estimate of drug-likeness (QED) is 0.348. The SMILES string of the molecule is C#Cc1cc(F)c(C(=O)CC(=O)OCC)cc1OCC(N)=O. The molecule has 0 bridgehead atoms. The maximum Gasteiger partial charge on any atom is 0.313 e. The second-order valence-corrected chi connectivity index (χ2v) is 4.13. The van der Waals surface area contributed by atoms with Crippen molar-refractivity contribution in [3.63, 3.8) is 0 Å². The molecule has 0 aliphatic carbocycles. The fourth-order valence-corrected chi connectivity index (χ4v) is 1.59. The molecule has 0 aromatic heterocycles. The number of ketones is 1. The minimum absolute atomic E-state index is 0.0198. The standard InChI is InChI=1S/C15H14FNO5/c1-3-9-5-11(16)10(6-13(9)22-8-14(17)19)12(18)7-15(20)21-4-2/h1,5-6H,4,7-8H2,2H3,(H2,17,19). The van der Waals surface area contributed by atoms with Gasteiger partial charge in [0.2, 0.25) is 0 Å². The molecule has 0 saturated heterocycles. The van der Waals surface area contributed by atoms with Crippen LogP contribution in [0.15, 0.2) is 12.1 Å². The Hall–Kier alpha value is -2.88. The van der Waals surface area contributed by atoms with E-state index in [1.165, 1.54) is 0 Å². The fraction of sp³-hybridized carbons (Fsp3) is 0.267. The number of carbonyl (C=O) groups excluding carboxylic acids is 3. The third-order valence-corrected chi connectivity index (χ3v) is 2.51. The summed E-state index contributed by atoms with van der Waals surface area (Å²) in [6.45, 7) is 1.21. The number of amides is 1. The highest BCUT2D eigenvalue weighted by molar-refractivity contribution is 6.06. The second-order valence-electron chi connectivity index (χ2n) is 4.13. The normalized spacial score (nSPS) is 9.68. The van der Waals surface area contributed by atoms with Gasteiger partial charge in [-0.1, -0.05) is 5.92 Å². The van der Waals surface area contributed by atoms with Gasteiger partial charge in [-0.25, -0.2) is 4.39 Å². The first-order valence-corrected chi connectivity index (χ1v) is 6.29. The molecule has 1 amide bonds. The van der Waals surface area contributed by atoms with Crippen LogP contribution in [-0.2, 0) is 14.3 Å². The molecule has 0 fully saturated rings. The van der Waals surface area contributed by atoms with E-state index in [4.69, 9.17) is 16.9 Å². The lowest BCUT2D eigenvalue weighted by atomic mass is 10.0. The van der Waals surface area contributed by atoms with E-state index >= 15 is 0 Å². The molecule has 2 N–H and O–H groups in total. The summed E-state index contributed by atoms with van der Waals surface area (Å²) in [6.07, 6.45) is 4.58. The predicted octanol–water partition coefficient (Wildman–Crippen LogP) is 0.807. The smallest absolute Gasteiger partial charge is 0.313 e. The van der Waals surface area contributed by atoms with Gasteiger partial charge in [0.25, 0.3) is 5.91 Å². The summed E-state index contributed by atoms with van der Waals surface area (Å²) in [7, 11) is 0. The zero-order valence-electron chi connectivity index (χ0n) is 11.8. The molecule has 116 valence electrons. The average Bonchev–Trinajstić information content (AvgIpc) is 2.45. The van der Waals surface area contributed by atoms with E-state index in [-0.39, 0.29) is 23.5 Å². The minimum Gasteiger partial charge on any atom is -0.482 e. The molecule has 1 aromatic rings. The molecular weight excluding hydrogens is 293 g/mol. The van der Waals surface area contributed by atoms with Crippen LogP contribution in [0.5, 0.6) is 5.75 Å². The molecule has 1 aromatic carbocycles. The van der Waals surface area contributed by atoms with Gasteiger partial charge in [0.05, 0.1) is 17.7 Å². The van der Waals surface area contributed by atoms with Crippen LogP contribution in [0.2, 0.25) is 0 Å². The number of terminal acetylenes is 1. The number of ether oxygens (including phenoxy) is 2. The molecular formula is C15H14FNO5. The molecule has 0 radical (unpaired) electrons. The highest BCUT2D eigenvalue weighted by atomic mass is 19.1. The molecule has 0 spiro atoms. The van der Waals surface area contributed by atoms with E-state index in [2.05, 4.69) is 10.7 Å². The molecule has 0 heterocycles. The van der Waals surface area contributed by atoms with Crippen LogP contribution >= 0.6 is 0 Å². The lowest BCUT2D eigenvalue weighted by Gasteiger charge is -2.10. The lowest BCUT2D eigenvalue weighted by Crippen LogP contribution is -2.20. The Kier molecular flexibility index (Phi) is 6.08. The Labute approximate surface area is 126 Å². The summed E-state index contributed by atoms with van der Waals surface area (Å²) >= 11 is 0. The van der Waals surface area contributed by atoms with Crippen molar-refractivity contribution < 1.29 is 28.2 Å². The van der Waals surface area contributed by atoms with Crippen LogP contribution in [0.4, 0.5) is 4.39 Å². The van der Waals surface area contributed by atoms with Crippen molar-refractivity contribution in [2.75, 3.05) is 13.2 Å². The molecule has 6 nitrogen and oxygen atoms in total. The summed E-state index contributed by atoms with van der Waals surface area (Å²) in [5.41, 5.74) is 4.58. The number of benzene rings is 1. The van der Waals surface area contributed by atoms with Crippen LogP contribution in [0, 0.1) is 18.2 Å². The highest BCUT2D eigenvalue weighted by Crippen LogP contribution is 2.23. The Bertz CT molecular complexity index is 648. The molecule has 1 rings (SSSR count). The average molecular weight is 307 g/mol. The first kappa shape index (κ1) is 17.2. The maximum absolute atomic E-state index is 13.9. The van der Waals surface area contributed by atoms with Crippen molar-refractivity contribution in [3.8, 4) is 18.1 Å². The monoisotopic (exact) mass is 307 g/mol. The molecule has 0 aliphatic rings. The largest absolute Gasteiger partial charge is 0.482 e. The van der Waals surface area contributed by atoms with E-state index in [9.17, 15) is 18.8 Å². The van der Waals surface area contributed by atoms with Crippen LogP contribution < -0.4 is 10.5 Å². The van der Waals surface area contributed by atoms with Crippen LogP contribution in [0.25, 0.3) is 0 Å². The van der Waals surface area contributed by atoms with Gasteiger partial charge in [-0.15, -0.1) is 6.42 Å². The van der Waals surface area contributed by atoms with Crippen molar-refractivity contribution in [1.82, 2.24) is 0 Å². The zero-order chi connectivity index (χ0) is 16.7. The minimum atomic E-state index is -0.895. The Balaban J connectivity index is 3.07. The van der Waals surface area contributed by atoms with Gasteiger partial charge in [-0.3, -0.25) is 14.4 Å². The Morgan fingerprint density at radius 3 is 2.59 bits per heavy atom. The highest BCUT2D eigenvalue weighted by Gasteiger charge is 2.19. The van der Waals surface area contributed by atoms with Crippen molar-refractivity contribution in [3.05, 3.63) is 29.1 Å². The first-order chi connectivity index (χ1) is 10.4. The van der Waals surface area contributed by atoms with Gasteiger partial charge in [0.1, 0.15) is 18.0 Å². The number of esters is 1. The Morgan fingerprint density at radius 1 is 1.36 bits per heavy atom. The third-order valence-electron chi connectivity index (χ3n) is 2.51. The molecule has 0 unspecified atom stereocenters. The lowest BCUT2D eigenvalue weighted by molar-refractivity contribution is -0.142. The van der Waals surface area contributed by atoms with Crippen LogP contribution in [0.3, 0.4) is 0 Å². The number of hydrogen-bond donors (Lipinski definition) is 1. The topological polar surface area (TPSA) is 95.7 Å². The van der Waals surface area contributed by atoms with Gasteiger partial charge in [0.15, 0.2) is 12.4 Å². The molecule has 0 atom stereocenters. The predicted molar refractivity (Wildman–Crippen MR) is 74.6 cm³/mol. The van der Waals surface area contributed by atoms with Gasteiger partial charge < -0.3 is 15.2 Å². The summed E-state index contributed by atoms with van der Waals surface area (Å²) in [5.74, 6) is -1.09. The van der Waals surface area contributed by atoms with E-state index in [1.54, 1.807) is 6.92 Å². The van der Waals surface area contributed by atoms with Gasteiger partial charge in [-0.05, 0) is 19.1 Å². The van der Waals surface area contributed by atoms with Gasteiger partial charge in [-0.2, -0.15) is 0 Å². The molecule has 0 aliphatic heterocycles. The summed E-state index contributed by atoms with van der Waals surface area (Å²) in [6, 6.07) is 1.95. The summed E-state index contributed by atoms with van der Waals surface area (Å²) in [5, 5.41) is 0. The van der Waals surface area contributed by atoms with Crippen molar-refractivity contribution in [2.45, 2.75) is 13.3 Å². The van der Waals surface area contributed by atoms with Crippen LogP contribution in [-0.4, -0.2) is 30.9 Å². The first-order valence-electron chi connectivity index (χ1n) is 6.29. The van der Waals surface area contributed by atoms with Crippen molar-refractivity contribution in [2.24, 2.45) is 5.73 Å². The van der Waals surface area contributed by atoms with Gasteiger partial charge in [0, 0.05) is 0 Å². The number of Topliss-reactive ketones (excluding diaryl/α,β-unsaturated/α-hetero) is 1. The number of hydrogen-bond acceptors (Lipinski definition) is 5. The number of rotatable bonds is 7.